The van der Waals surface area contributed by atoms with Crippen LogP contribution in [0, 0.1) is 0 Å². The number of amides is 2. The molecule has 0 fully saturated rings. The van der Waals surface area contributed by atoms with Crippen molar-refractivity contribution < 1.29 is 9.59 Å². The lowest BCUT2D eigenvalue weighted by molar-refractivity contribution is -0.120. The van der Waals surface area contributed by atoms with Crippen molar-refractivity contribution in [2.45, 2.75) is 26.2 Å². The number of hydrogen-bond acceptors (Lipinski definition) is 3. The molecule has 0 aromatic carbocycles. The van der Waals surface area contributed by atoms with Gasteiger partial charge in [0.2, 0.25) is 5.91 Å². The summed E-state index contributed by atoms with van der Waals surface area (Å²) in [5.41, 5.74) is 1.30. The van der Waals surface area contributed by atoms with Gasteiger partial charge in [0.05, 0.1) is 11.4 Å². The Balaban J connectivity index is 1.89. The van der Waals surface area contributed by atoms with Gasteiger partial charge in [-0.05, 0) is 37.8 Å². The number of likely N-dealkylation sites (N-methyl/N-ethyl adjacent to an activating group) is 1. The molecule has 17 heavy (non-hydrogen) atoms. The lowest BCUT2D eigenvalue weighted by atomic mass is 10.2. The van der Waals surface area contributed by atoms with E-state index in [0.717, 1.165) is 17.7 Å². The van der Waals surface area contributed by atoms with Gasteiger partial charge in [-0.2, -0.15) is 0 Å². The van der Waals surface area contributed by atoms with Crippen LogP contribution in [-0.4, -0.2) is 24.9 Å². The van der Waals surface area contributed by atoms with Crippen molar-refractivity contribution in [3.63, 3.8) is 0 Å². The average molecular weight is 252 g/mol. The van der Waals surface area contributed by atoms with Crippen LogP contribution in [-0.2, 0) is 17.6 Å². The number of aryl methyl sites for hydroxylation is 2. The topological polar surface area (TPSA) is 58.2 Å². The van der Waals surface area contributed by atoms with Crippen LogP contribution in [0.2, 0.25) is 0 Å². The largest absolute Gasteiger partial charge is 0.355 e. The molecule has 0 bridgehead atoms. The number of hydrogen-bond donors (Lipinski definition) is 2. The minimum absolute atomic E-state index is 0.0508. The fraction of sp³-hybridized carbons (Fsp3) is 0.500. The van der Waals surface area contributed by atoms with Crippen molar-refractivity contribution in [3.05, 3.63) is 21.4 Å². The summed E-state index contributed by atoms with van der Waals surface area (Å²) in [6, 6.07) is 1.96. The quantitative estimate of drug-likeness (QED) is 0.843. The first-order chi connectivity index (χ1) is 8.20. The highest BCUT2D eigenvalue weighted by atomic mass is 32.1. The maximum Gasteiger partial charge on any atom is 0.261 e. The van der Waals surface area contributed by atoms with Gasteiger partial charge in [0.25, 0.3) is 5.91 Å². The summed E-state index contributed by atoms with van der Waals surface area (Å²) < 4.78 is 0. The Bertz CT molecular complexity index is 418. The fourth-order valence-corrected chi connectivity index (χ4v) is 3.12. The third kappa shape index (κ3) is 2.85. The molecule has 0 saturated carbocycles. The van der Waals surface area contributed by atoms with Gasteiger partial charge in [-0.15, -0.1) is 11.3 Å². The molecule has 4 nitrogen and oxygen atoms in total. The van der Waals surface area contributed by atoms with E-state index >= 15 is 0 Å². The Morgan fingerprint density at radius 1 is 1.35 bits per heavy atom. The van der Waals surface area contributed by atoms with Crippen LogP contribution >= 0.6 is 11.3 Å². The van der Waals surface area contributed by atoms with Crippen LogP contribution in [0.1, 0.15) is 33.5 Å². The Morgan fingerprint density at radius 3 is 2.88 bits per heavy atom. The lowest BCUT2D eigenvalue weighted by Crippen LogP contribution is -2.36. The van der Waals surface area contributed by atoms with Gasteiger partial charge in [0.1, 0.15) is 0 Å². The zero-order valence-corrected chi connectivity index (χ0v) is 10.7. The first-order valence-electron chi connectivity index (χ1n) is 5.87. The predicted molar refractivity (Wildman–Crippen MR) is 67.4 cm³/mol. The molecule has 2 N–H and O–H groups in total. The third-order valence-corrected chi connectivity index (χ3v) is 3.99. The summed E-state index contributed by atoms with van der Waals surface area (Å²) in [5, 5.41) is 5.27. The van der Waals surface area contributed by atoms with Gasteiger partial charge in [-0.3, -0.25) is 9.59 Å². The van der Waals surface area contributed by atoms with E-state index in [1.807, 2.05) is 13.0 Å². The second-order valence-corrected chi connectivity index (χ2v) is 5.19. The molecule has 1 aliphatic carbocycles. The van der Waals surface area contributed by atoms with Gasteiger partial charge in [-0.25, -0.2) is 0 Å². The molecule has 92 valence electrons. The zero-order chi connectivity index (χ0) is 12.3. The van der Waals surface area contributed by atoms with Crippen LogP contribution in [0.15, 0.2) is 6.07 Å². The van der Waals surface area contributed by atoms with Crippen LogP contribution in [0.4, 0.5) is 0 Å². The smallest absolute Gasteiger partial charge is 0.261 e. The lowest BCUT2D eigenvalue weighted by Gasteiger charge is -2.03. The molecule has 0 spiro atoms. The van der Waals surface area contributed by atoms with E-state index in [4.69, 9.17) is 0 Å². The van der Waals surface area contributed by atoms with Crippen molar-refractivity contribution in [2.75, 3.05) is 13.1 Å². The van der Waals surface area contributed by atoms with E-state index in [9.17, 15) is 9.59 Å². The minimum Gasteiger partial charge on any atom is -0.355 e. The van der Waals surface area contributed by atoms with E-state index in [1.165, 1.54) is 16.9 Å². The van der Waals surface area contributed by atoms with E-state index in [2.05, 4.69) is 10.6 Å². The third-order valence-electron chi connectivity index (χ3n) is 2.75. The molecule has 1 heterocycles. The van der Waals surface area contributed by atoms with Gasteiger partial charge in [-0.1, -0.05) is 0 Å². The highest BCUT2D eigenvalue weighted by molar-refractivity contribution is 7.14. The van der Waals surface area contributed by atoms with Crippen molar-refractivity contribution in [3.8, 4) is 0 Å². The summed E-state index contributed by atoms with van der Waals surface area (Å²) in [7, 11) is 0. The molecule has 1 aliphatic rings. The maximum atomic E-state index is 11.8. The monoisotopic (exact) mass is 252 g/mol. The van der Waals surface area contributed by atoms with E-state index in [-0.39, 0.29) is 18.4 Å². The first-order valence-corrected chi connectivity index (χ1v) is 6.69. The summed E-state index contributed by atoms with van der Waals surface area (Å²) in [4.78, 5) is 25.0. The average Bonchev–Trinajstić information content (AvgIpc) is 2.86. The summed E-state index contributed by atoms with van der Waals surface area (Å²) in [6.07, 6.45) is 3.36. The summed E-state index contributed by atoms with van der Waals surface area (Å²) in [5.74, 6) is -0.291. The van der Waals surface area contributed by atoms with Crippen LogP contribution in [0.3, 0.4) is 0 Å². The number of carbonyl (C=O) groups is 2. The van der Waals surface area contributed by atoms with Gasteiger partial charge < -0.3 is 10.6 Å². The number of nitrogens with one attached hydrogen (secondary N) is 2. The number of carbonyl (C=O) groups excluding carboxylic acids is 2. The normalized spacial score (nSPS) is 13.2. The molecule has 0 atom stereocenters. The number of fused-ring (bicyclic) bond motifs is 1. The molecule has 0 unspecified atom stereocenters. The molecule has 2 rings (SSSR count). The SMILES string of the molecule is CCNC(=O)CNC(=O)c1cc2c(s1)CCC2. The van der Waals surface area contributed by atoms with E-state index in [0.29, 0.717) is 6.54 Å². The summed E-state index contributed by atoms with van der Waals surface area (Å²) >= 11 is 1.55. The molecule has 0 saturated heterocycles. The van der Waals surface area contributed by atoms with Crippen LogP contribution in [0.25, 0.3) is 0 Å². The highest BCUT2D eigenvalue weighted by Gasteiger charge is 2.18. The van der Waals surface area contributed by atoms with E-state index in [1.54, 1.807) is 11.3 Å². The van der Waals surface area contributed by atoms with Crippen molar-refractivity contribution in [1.29, 1.82) is 0 Å². The predicted octanol–water partition coefficient (Wildman–Crippen LogP) is 1.10. The second-order valence-electron chi connectivity index (χ2n) is 4.05. The molecule has 1 aromatic rings. The Labute approximate surface area is 104 Å². The molecule has 5 heteroatoms. The number of thiophene rings is 1. The first kappa shape index (κ1) is 12.1. The highest BCUT2D eigenvalue weighted by Crippen LogP contribution is 2.30. The summed E-state index contributed by atoms with van der Waals surface area (Å²) in [6.45, 7) is 2.49. The van der Waals surface area contributed by atoms with Gasteiger partial charge in [0.15, 0.2) is 0 Å². The maximum absolute atomic E-state index is 11.8. The Hall–Kier alpha value is -1.36. The minimum atomic E-state index is -0.148. The molecule has 2 amide bonds. The van der Waals surface area contributed by atoms with Crippen LogP contribution < -0.4 is 10.6 Å². The molecule has 1 aromatic heterocycles. The number of rotatable bonds is 4. The van der Waals surface area contributed by atoms with Crippen LogP contribution in [0.5, 0.6) is 0 Å². The second kappa shape index (κ2) is 5.31. The van der Waals surface area contributed by atoms with E-state index < -0.39 is 0 Å². The fourth-order valence-electron chi connectivity index (χ4n) is 1.95. The molecular formula is C12H16N2O2S. The van der Waals surface area contributed by atoms with Crippen molar-refractivity contribution in [2.24, 2.45) is 0 Å². The molecule has 0 aliphatic heterocycles. The molecule has 0 radical (unpaired) electrons. The van der Waals surface area contributed by atoms with Gasteiger partial charge in [0, 0.05) is 11.4 Å². The Morgan fingerprint density at radius 2 is 2.18 bits per heavy atom. The standard InChI is InChI=1S/C12H16N2O2S/c1-2-13-11(15)7-14-12(16)10-6-8-4-3-5-9(8)17-10/h6H,2-5,7H2,1H3,(H,13,15)(H,14,16). The van der Waals surface area contributed by atoms with Gasteiger partial charge >= 0.3 is 0 Å². The Kier molecular flexibility index (Phi) is 3.78. The van der Waals surface area contributed by atoms with Crippen molar-refractivity contribution >= 4 is 23.2 Å². The zero-order valence-electron chi connectivity index (χ0n) is 9.84. The van der Waals surface area contributed by atoms with Crippen molar-refractivity contribution in [1.82, 2.24) is 10.6 Å². The molecular weight excluding hydrogens is 236 g/mol.